The molecular weight excluding hydrogens is 849 g/mol. The lowest BCUT2D eigenvalue weighted by Gasteiger charge is -2.33. The van der Waals surface area contributed by atoms with Gasteiger partial charge in [0.25, 0.3) is 10.0 Å². The first-order valence-electron chi connectivity index (χ1n) is 21.0. The van der Waals surface area contributed by atoms with Gasteiger partial charge in [0.05, 0.1) is 31.2 Å². The zero-order valence-corrected chi connectivity index (χ0v) is 38.2. The number of amides is 1. The summed E-state index contributed by atoms with van der Waals surface area (Å²) in [4.78, 5) is 18.4. The number of nitriles is 1. The number of anilines is 1. The van der Waals surface area contributed by atoms with E-state index in [1.807, 2.05) is 80.3 Å². The van der Waals surface area contributed by atoms with Crippen LogP contribution in [0, 0.1) is 17.2 Å². The molecule has 15 heteroatoms. The second kappa shape index (κ2) is 20.4. The molecule has 0 unspecified atom stereocenters. The van der Waals surface area contributed by atoms with Gasteiger partial charge in [-0.3, -0.25) is 0 Å². The average Bonchev–Trinajstić information content (AvgIpc) is 3.84. The summed E-state index contributed by atoms with van der Waals surface area (Å²) in [5.41, 5.74) is 4.93. The highest BCUT2D eigenvalue weighted by molar-refractivity contribution is 7.93. The highest BCUT2D eigenvalue weighted by Crippen LogP contribution is 2.39. The molecule has 0 radical (unpaired) electrons. The van der Waals surface area contributed by atoms with Crippen LogP contribution >= 0.6 is 11.5 Å². The third kappa shape index (κ3) is 11.2. The molecule has 0 atom stereocenters. The van der Waals surface area contributed by atoms with Gasteiger partial charge >= 0.3 is 6.09 Å². The Morgan fingerprint density at radius 2 is 1.64 bits per heavy atom. The van der Waals surface area contributed by atoms with Crippen LogP contribution in [0.25, 0.3) is 22.3 Å². The summed E-state index contributed by atoms with van der Waals surface area (Å²) in [6, 6.07) is 35.8. The maximum Gasteiger partial charge on any atom is 0.410 e. The number of hydrogen-bond acceptors (Lipinski definition) is 12. The molecule has 0 bridgehead atoms. The van der Waals surface area contributed by atoms with Gasteiger partial charge < -0.3 is 29.2 Å². The van der Waals surface area contributed by atoms with E-state index in [-0.39, 0.29) is 34.0 Å². The molecule has 5 aromatic carbocycles. The Balaban J connectivity index is 1.10. The van der Waals surface area contributed by atoms with E-state index in [2.05, 4.69) is 38.9 Å². The molecule has 13 nitrogen and oxygen atoms in total. The lowest BCUT2D eigenvalue weighted by Crippen LogP contribution is -2.42. The Bertz CT molecular complexity index is 2690. The Hall–Kier alpha value is -6.47. The van der Waals surface area contributed by atoms with Crippen molar-refractivity contribution >= 4 is 32.8 Å². The van der Waals surface area contributed by atoms with Crippen LogP contribution in [0.15, 0.2) is 120 Å². The van der Waals surface area contributed by atoms with Crippen molar-refractivity contribution in [3.05, 3.63) is 132 Å². The van der Waals surface area contributed by atoms with Gasteiger partial charge in [0.1, 0.15) is 41.0 Å². The Morgan fingerprint density at radius 3 is 2.34 bits per heavy atom. The maximum absolute atomic E-state index is 14.4. The zero-order chi connectivity index (χ0) is 45.3. The van der Waals surface area contributed by atoms with Crippen molar-refractivity contribution in [3.8, 4) is 51.3 Å². The van der Waals surface area contributed by atoms with Gasteiger partial charge in [-0.1, -0.05) is 54.6 Å². The molecule has 1 aliphatic heterocycles. The third-order valence-corrected chi connectivity index (χ3v) is 13.4. The van der Waals surface area contributed by atoms with Gasteiger partial charge in [-0.2, -0.15) is 9.64 Å². The summed E-state index contributed by atoms with van der Waals surface area (Å²) in [5, 5.41) is 14.2. The van der Waals surface area contributed by atoms with Crippen molar-refractivity contribution in [2.24, 2.45) is 5.92 Å². The zero-order valence-electron chi connectivity index (χ0n) is 36.6. The number of piperidine rings is 1. The Morgan fingerprint density at radius 1 is 0.875 bits per heavy atom. The van der Waals surface area contributed by atoms with Crippen LogP contribution in [0.5, 0.6) is 23.0 Å². The third-order valence-electron chi connectivity index (χ3n) is 10.9. The minimum Gasteiger partial charge on any atom is -0.497 e. The van der Waals surface area contributed by atoms with Gasteiger partial charge in [-0.05, 0) is 123 Å². The van der Waals surface area contributed by atoms with Crippen LogP contribution in [0.1, 0.15) is 56.7 Å². The van der Waals surface area contributed by atoms with E-state index in [0.29, 0.717) is 48.4 Å². The van der Waals surface area contributed by atoms with Gasteiger partial charge in [0, 0.05) is 48.4 Å². The Kier molecular flexibility index (Phi) is 14.5. The molecule has 64 heavy (non-hydrogen) atoms. The van der Waals surface area contributed by atoms with Crippen LogP contribution in [0.2, 0.25) is 0 Å². The van der Waals surface area contributed by atoms with E-state index in [0.717, 1.165) is 69.5 Å². The van der Waals surface area contributed by atoms with Gasteiger partial charge in [-0.25, -0.2) is 22.5 Å². The molecule has 0 aliphatic carbocycles. The Labute approximate surface area is 379 Å². The predicted molar refractivity (Wildman–Crippen MR) is 248 cm³/mol. The summed E-state index contributed by atoms with van der Waals surface area (Å²) < 4.78 is 57.0. The second-order valence-electron chi connectivity index (χ2n) is 16.4. The van der Waals surface area contributed by atoms with Crippen LogP contribution in [0.3, 0.4) is 0 Å². The molecule has 1 N–H and O–H groups in total. The number of nitrogens with zero attached hydrogens (tertiary/aromatic N) is 5. The summed E-state index contributed by atoms with van der Waals surface area (Å²) >= 11 is 0.933. The number of methoxy groups -OCH3 is 2. The van der Waals surface area contributed by atoms with E-state index in [9.17, 15) is 18.5 Å². The standard InChI is InChI=1S/C49H52N6O7S2/c1-49(2,3)62-48(56)54-24-21-34(22-25-54)20-23-51-31-35-10-9-13-38(26-35)43-28-37(36-11-7-6-8-12-36)15-18-45(43)61-44-19-17-42(27-40(44)30-50)64(57,58)55(47-52-33-53-63-47)32-39-14-16-41(59-4)29-46(39)60-5/h6-19,26-29,33-34,51H,20-25,31-32H2,1-5H3. The molecule has 6 aromatic rings. The van der Waals surface area contributed by atoms with Crippen LogP contribution in [-0.4, -0.2) is 68.2 Å². The van der Waals surface area contributed by atoms with Crippen molar-refractivity contribution in [3.63, 3.8) is 0 Å². The average molecular weight is 901 g/mol. The van der Waals surface area contributed by atoms with Crippen LogP contribution in [-0.2, 0) is 27.8 Å². The second-order valence-corrected chi connectivity index (χ2v) is 19.1. The molecule has 1 fully saturated rings. The van der Waals surface area contributed by atoms with Crippen LogP contribution < -0.4 is 23.8 Å². The summed E-state index contributed by atoms with van der Waals surface area (Å²) in [5.74, 6) is 2.22. The number of rotatable bonds is 16. The molecule has 332 valence electrons. The van der Waals surface area contributed by atoms with Crippen molar-refractivity contribution in [2.45, 2.75) is 63.6 Å². The number of likely N-dealkylation sites (tertiary alicyclic amines) is 1. The minimum absolute atomic E-state index is 0.0341. The fraction of sp³-hybridized carbons (Fsp3) is 0.306. The first-order valence-corrected chi connectivity index (χ1v) is 23.3. The number of benzene rings is 5. The van der Waals surface area contributed by atoms with E-state index in [4.69, 9.17) is 18.9 Å². The number of ether oxygens (including phenoxy) is 4. The van der Waals surface area contributed by atoms with E-state index >= 15 is 0 Å². The maximum atomic E-state index is 14.4. The summed E-state index contributed by atoms with van der Waals surface area (Å²) in [6.07, 6.45) is 3.97. The molecule has 1 aromatic heterocycles. The first kappa shape index (κ1) is 45.6. The lowest BCUT2D eigenvalue weighted by molar-refractivity contribution is 0.0181. The quantitative estimate of drug-likeness (QED) is 0.0923. The number of nitrogens with one attached hydrogen (secondary N) is 1. The largest absolute Gasteiger partial charge is 0.497 e. The van der Waals surface area contributed by atoms with Gasteiger partial charge in [0.2, 0.25) is 5.13 Å². The minimum atomic E-state index is -4.28. The van der Waals surface area contributed by atoms with Crippen molar-refractivity contribution in [1.29, 1.82) is 5.26 Å². The van der Waals surface area contributed by atoms with Gasteiger partial charge in [0.15, 0.2) is 0 Å². The number of carbonyl (C=O) groups excluding carboxylic acids is 1. The van der Waals surface area contributed by atoms with E-state index < -0.39 is 15.6 Å². The van der Waals surface area contributed by atoms with E-state index in [1.165, 1.54) is 38.7 Å². The SMILES string of the molecule is COc1ccc(CN(c2ncns2)S(=O)(=O)c2ccc(Oc3ccc(-c4ccccc4)cc3-c3cccc(CNCCC4CCN(C(=O)OC(C)(C)C)CC4)c3)c(C#N)c2)c(OC)c1. The molecule has 7 rings (SSSR count). The molecular formula is C49H52N6O7S2. The summed E-state index contributed by atoms with van der Waals surface area (Å²) in [6.45, 7) is 8.46. The van der Waals surface area contributed by atoms with Crippen molar-refractivity contribution in [2.75, 3.05) is 38.2 Å². The molecule has 1 aliphatic rings. The lowest BCUT2D eigenvalue weighted by atomic mass is 9.93. The fourth-order valence-corrected chi connectivity index (χ4v) is 9.69. The topological polar surface area (TPSA) is 156 Å². The smallest absolute Gasteiger partial charge is 0.410 e. The van der Waals surface area contributed by atoms with Crippen molar-refractivity contribution in [1.82, 2.24) is 19.6 Å². The monoisotopic (exact) mass is 900 g/mol. The first-order chi connectivity index (χ1) is 30.8. The molecule has 2 heterocycles. The molecule has 1 amide bonds. The molecule has 1 saturated heterocycles. The highest BCUT2D eigenvalue weighted by Gasteiger charge is 2.30. The predicted octanol–water partition coefficient (Wildman–Crippen LogP) is 10.1. The number of aromatic nitrogens is 2. The number of sulfonamides is 1. The van der Waals surface area contributed by atoms with Crippen molar-refractivity contribution < 1.29 is 32.2 Å². The normalized spacial score (nSPS) is 13.2. The molecule has 0 saturated carbocycles. The highest BCUT2D eigenvalue weighted by atomic mass is 32.2. The van der Waals surface area contributed by atoms with Crippen LogP contribution in [0.4, 0.5) is 9.93 Å². The fourth-order valence-electron chi connectivity index (χ4n) is 7.53. The summed E-state index contributed by atoms with van der Waals surface area (Å²) in [7, 11) is -1.24. The van der Waals surface area contributed by atoms with E-state index in [1.54, 1.807) is 18.2 Å². The molecule has 0 spiro atoms. The van der Waals surface area contributed by atoms with Gasteiger partial charge in [-0.15, -0.1) is 0 Å². The number of hydrogen-bond donors (Lipinski definition) is 1. The number of carbonyl (C=O) groups is 1.